The number of benzene rings is 1. The Morgan fingerprint density at radius 3 is 2.61 bits per heavy atom. The minimum Gasteiger partial charge on any atom is -0.493 e. The molecule has 0 saturated heterocycles. The van der Waals surface area contributed by atoms with Gasteiger partial charge in [-0.1, -0.05) is 31.0 Å². The van der Waals surface area contributed by atoms with Crippen molar-refractivity contribution in [2.75, 3.05) is 13.2 Å². The van der Waals surface area contributed by atoms with Gasteiger partial charge in [0.2, 0.25) is 0 Å². The summed E-state index contributed by atoms with van der Waals surface area (Å²) >= 11 is 0. The third kappa shape index (κ3) is 2.86. The molecule has 1 aromatic carbocycles. The van der Waals surface area contributed by atoms with Gasteiger partial charge in [-0.25, -0.2) is 0 Å². The lowest BCUT2D eigenvalue weighted by Crippen LogP contribution is -2.20. The fourth-order valence-electron chi connectivity index (χ4n) is 2.51. The maximum absolute atomic E-state index is 9.37. The van der Waals surface area contributed by atoms with Crippen LogP contribution in [0.25, 0.3) is 0 Å². The minimum absolute atomic E-state index is 0.139. The van der Waals surface area contributed by atoms with Crippen molar-refractivity contribution in [1.82, 2.24) is 0 Å². The summed E-state index contributed by atoms with van der Waals surface area (Å²) in [4.78, 5) is 0. The highest BCUT2D eigenvalue weighted by Gasteiger charge is 2.20. The molecule has 0 aromatic heterocycles. The average Bonchev–Trinajstić information content (AvgIpc) is 2.28. The van der Waals surface area contributed by atoms with Gasteiger partial charge >= 0.3 is 0 Å². The van der Waals surface area contributed by atoms with Gasteiger partial charge in [-0.05, 0) is 43.7 Å². The highest BCUT2D eigenvalue weighted by atomic mass is 16.5. The van der Waals surface area contributed by atoms with Gasteiger partial charge in [0.05, 0.1) is 6.61 Å². The van der Waals surface area contributed by atoms with Gasteiger partial charge in [-0.15, -0.1) is 0 Å². The smallest absolute Gasteiger partial charge is 0.125 e. The Kier molecular flexibility index (Phi) is 4.28. The van der Waals surface area contributed by atoms with Crippen LogP contribution < -0.4 is 4.74 Å². The molecule has 0 radical (unpaired) electrons. The van der Waals surface area contributed by atoms with Crippen molar-refractivity contribution >= 4 is 0 Å². The van der Waals surface area contributed by atoms with E-state index in [9.17, 15) is 5.11 Å². The number of ether oxygens (including phenoxy) is 1. The summed E-state index contributed by atoms with van der Waals surface area (Å²) in [5.41, 5.74) is 3.57. The maximum atomic E-state index is 9.37. The summed E-state index contributed by atoms with van der Waals surface area (Å²) in [5, 5.41) is 9.37. The second-order valence-electron chi connectivity index (χ2n) is 5.69. The Labute approximate surface area is 110 Å². The van der Waals surface area contributed by atoms with E-state index in [1.54, 1.807) is 0 Å². The molecule has 1 unspecified atom stereocenters. The molecule has 0 heterocycles. The molecule has 0 spiro atoms. The molecule has 18 heavy (non-hydrogen) atoms. The van der Waals surface area contributed by atoms with Gasteiger partial charge in [-0.2, -0.15) is 0 Å². The number of hydrogen-bond acceptors (Lipinski definition) is 2. The molecule has 1 aliphatic carbocycles. The molecule has 100 valence electrons. The van der Waals surface area contributed by atoms with Crippen LogP contribution in [-0.4, -0.2) is 18.3 Å². The van der Waals surface area contributed by atoms with E-state index < -0.39 is 0 Å². The molecule has 1 aromatic rings. The second-order valence-corrected chi connectivity index (χ2v) is 5.69. The normalized spacial score (nSPS) is 17.3. The van der Waals surface area contributed by atoms with E-state index in [4.69, 9.17) is 4.74 Å². The maximum Gasteiger partial charge on any atom is 0.125 e. The number of hydrogen-bond donors (Lipinski definition) is 1. The highest BCUT2D eigenvalue weighted by Crippen LogP contribution is 2.33. The standard InChI is InChI=1S/C16H24O2/c1-11-7-12(2)16(15(8-11)13(3)9-17)18-10-14-5-4-6-14/h7-8,13-14,17H,4-6,9-10H2,1-3H3. The number of aryl methyl sites for hydroxylation is 2. The molecule has 0 amide bonds. The highest BCUT2D eigenvalue weighted by molar-refractivity contribution is 5.45. The summed E-state index contributed by atoms with van der Waals surface area (Å²) in [6, 6.07) is 4.30. The molecule has 2 rings (SSSR count). The Morgan fingerprint density at radius 2 is 2.06 bits per heavy atom. The zero-order valence-electron chi connectivity index (χ0n) is 11.7. The summed E-state index contributed by atoms with van der Waals surface area (Å²) in [5.74, 6) is 1.87. The van der Waals surface area contributed by atoms with E-state index in [1.165, 1.54) is 30.4 Å². The van der Waals surface area contributed by atoms with Crippen LogP contribution in [0.2, 0.25) is 0 Å². The molecule has 0 aliphatic heterocycles. The lowest BCUT2D eigenvalue weighted by molar-refractivity contribution is 0.177. The molecule has 1 fully saturated rings. The first-order valence-electron chi connectivity index (χ1n) is 6.96. The first kappa shape index (κ1) is 13.4. The largest absolute Gasteiger partial charge is 0.493 e. The van der Waals surface area contributed by atoms with E-state index in [2.05, 4.69) is 26.0 Å². The van der Waals surface area contributed by atoms with Crippen LogP contribution in [-0.2, 0) is 0 Å². The van der Waals surface area contributed by atoms with Crippen molar-refractivity contribution in [1.29, 1.82) is 0 Å². The molecule has 2 heteroatoms. The quantitative estimate of drug-likeness (QED) is 0.863. The average molecular weight is 248 g/mol. The van der Waals surface area contributed by atoms with Crippen molar-refractivity contribution in [3.05, 3.63) is 28.8 Å². The van der Waals surface area contributed by atoms with Gasteiger partial charge in [0.25, 0.3) is 0 Å². The number of rotatable bonds is 5. The van der Waals surface area contributed by atoms with E-state index >= 15 is 0 Å². The van der Waals surface area contributed by atoms with Crippen LogP contribution >= 0.6 is 0 Å². The third-order valence-electron chi connectivity index (χ3n) is 3.94. The molecule has 1 atom stereocenters. The Hall–Kier alpha value is -1.02. The predicted molar refractivity (Wildman–Crippen MR) is 74.3 cm³/mol. The molecule has 2 nitrogen and oxygen atoms in total. The van der Waals surface area contributed by atoms with Crippen LogP contribution in [0.5, 0.6) is 5.75 Å². The number of aliphatic hydroxyl groups excluding tert-OH is 1. The zero-order valence-corrected chi connectivity index (χ0v) is 11.7. The third-order valence-corrected chi connectivity index (χ3v) is 3.94. The van der Waals surface area contributed by atoms with Crippen molar-refractivity contribution < 1.29 is 9.84 Å². The second kappa shape index (κ2) is 5.75. The molecule has 0 bridgehead atoms. The fraction of sp³-hybridized carbons (Fsp3) is 0.625. The van der Waals surface area contributed by atoms with Gasteiger partial charge in [-0.3, -0.25) is 0 Å². The summed E-state index contributed by atoms with van der Waals surface area (Å²) in [6.45, 7) is 7.23. The van der Waals surface area contributed by atoms with Gasteiger partial charge in [0.1, 0.15) is 5.75 Å². The summed E-state index contributed by atoms with van der Waals surface area (Å²) in [7, 11) is 0. The molecule has 1 N–H and O–H groups in total. The van der Waals surface area contributed by atoms with Crippen LogP contribution in [0.3, 0.4) is 0 Å². The van der Waals surface area contributed by atoms with Crippen molar-refractivity contribution in [3.63, 3.8) is 0 Å². The van der Waals surface area contributed by atoms with E-state index in [-0.39, 0.29) is 12.5 Å². The van der Waals surface area contributed by atoms with Gasteiger partial charge in [0, 0.05) is 12.5 Å². The van der Waals surface area contributed by atoms with E-state index in [1.807, 2.05) is 6.92 Å². The van der Waals surface area contributed by atoms with Crippen molar-refractivity contribution in [2.45, 2.75) is 46.0 Å². The summed E-state index contributed by atoms with van der Waals surface area (Å²) in [6.07, 6.45) is 3.95. The predicted octanol–water partition coefficient (Wildman–Crippen LogP) is 3.58. The lowest BCUT2D eigenvalue weighted by atomic mass is 9.86. The SMILES string of the molecule is Cc1cc(C)c(OCC2CCC2)c(C(C)CO)c1. The Bertz CT molecular complexity index is 408. The van der Waals surface area contributed by atoms with Crippen LogP contribution in [0.1, 0.15) is 48.8 Å². The first-order chi connectivity index (χ1) is 8.61. The monoisotopic (exact) mass is 248 g/mol. The summed E-state index contributed by atoms with van der Waals surface area (Å²) < 4.78 is 6.04. The zero-order chi connectivity index (χ0) is 13.1. The van der Waals surface area contributed by atoms with Crippen molar-refractivity contribution in [3.8, 4) is 5.75 Å². The van der Waals surface area contributed by atoms with E-state index in [0.29, 0.717) is 0 Å². The van der Waals surface area contributed by atoms with Crippen LogP contribution in [0.15, 0.2) is 12.1 Å². The Morgan fingerprint density at radius 1 is 1.33 bits per heavy atom. The molecular formula is C16H24O2. The topological polar surface area (TPSA) is 29.5 Å². The fourth-order valence-corrected chi connectivity index (χ4v) is 2.51. The minimum atomic E-state index is 0.139. The lowest BCUT2D eigenvalue weighted by Gasteiger charge is -2.27. The number of aliphatic hydroxyl groups is 1. The van der Waals surface area contributed by atoms with Crippen LogP contribution in [0.4, 0.5) is 0 Å². The van der Waals surface area contributed by atoms with Crippen molar-refractivity contribution in [2.24, 2.45) is 5.92 Å². The van der Waals surface area contributed by atoms with E-state index in [0.717, 1.165) is 23.8 Å². The van der Waals surface area contributed by atoms with Gasteiger partial charge < -0.3 is 9.84 Å². The van der Waals surface area contributed by atoms with Gasteiger partial charge in [0.15, 0.2) is 0 Å². The molecule has 1 aliphatic rings. The Balaban J connectivity index is 2.19. The first-order valence-corrected chi connectivity index (χ1v) is 6.96. The molecular weight excluding hydrogens is 224 g/mol. The molecule has 1 saturated carbocycles. The van der Waals surface area contributed by atoms with Crippen LogP contribution in [0, 0.1) is 19.8 Å².